The molecule has 136 valence electrons. The third-order valence-corrected chi connectivity index (χ3v) is 3.32. The third kappa shape index (κ3) is 7.49. The lowest BCUT2D eigenvalue weighted by Gasteiger charge is -2.20. The van der Waals surface area contributed by atoms with Crippen molar-refractivity contribution in [2.45, 2.75) is 31.5 Å². The lowest BCUT2D eigenvalue weighted by Crippen LogP contribution is -2.54. The van der Waals surface area contributed by atoms with Gasteiger partial charge in [0.05, 0.1) is 6.61 Å². The predicted molar refractivity (Wildman–Crippen MR) is 91.2 cm³/mol. The van der Waals surface area contributed by atoms with E-state index < -0.39 is 36.6 Å². The van der Waals surface area contributed by atoms with Crippen molar-refractivity contribution >= 4 is 17.9 Å². The van der Waals surface area contributed by atoms with E-state index in [0.29, 0.717) is 6.42 Å². The molecule has 8 nitrogen and oxygen atoms in total. The van der Waals surface area contributed by atoms with E-state index in [9.17, 15) is 19.5 Å². The summed E-state index contributed by atoms with van der Waals surface area (Å²) in [6, 6.07) is 6.82. The van der Waals surface area contributed by atoms with Gasteiger partial charge in [0.25, 0.3) is 0 Å². The van der Waals surface area contributed by atoms with Crippen molar-refractivity contribution in [1.82, 2.24) is 10.6 Å². The highest BCUT2D eigenvalue weighted by molar-refractivity contribution is 5.90. The topological polar surface area (TPSA) is 131 Å². The molecule has 0 spiro atoms. The number of allylic oxidation sites excluding steroid dienone is 1. The van der Waals surface area contributed by atoms with Crippen LogP contribution in [-0.4, -0.2) is 41.7 Å². The van der Waals surface area contributed by atoms with Crippen LogP contribution in [0.2, 0.25) is 0 Å². The standard InChI is InChI=1S/C17H23N3O5/c1-2-3-9-13(15(18)22)19-16(23)14(10-21)20-17(24)25-11-12-7-5-4-6-8-12/h2,4-8,13-14,21H,1,3,9-11H2,(H2,18,22)(H,19,23)(H,20,24)/t13-,14+/m1/s1. The van der Waals surface area contributed by atoms with Gasteiger partial charge in [0, 0.05) is 0 Å². The summed E-state index contributed by atoms with van der Waals surface area (Å²) in [4.78, 5) is 35.2. The fourth-order valence-corrected chi connectivity index (χ4v) is 1.94. The Labute approximate surface area is 146 Å². The Morgan fingerprint density at radius 3 is 2.44 bits per heavy atom. The Bertz CT molecular complexity index is 591. The Kier molecular flexibility index (Phi) is 8.73. The molecule has 0 saturated heterocycles. The van der Waals surface area contributed by atoms with Crippen LogP contribution in [0.15, 0.2) is 43.0 Å². The maximum atomic E-state index is 12.1. The average molecular weight is 349 g/mol. The molecule has 0 aliphatic rings. The van der Waals surface area contributed by atoms with Gasteiger partial charge in [-0.3, -0.25) is 9.59 Å². The second-order valence-electron chi connectivity index (χ2n) is 5.27. The average Bonchev–Trinajstić information content (AvgIpc) is 2.61. The van der Waals surface area contributed by atoms with Gasteiger partial charge in [-0.1, -0.05) is 36.4 Å². The fourth-order valence-electron chi connectivity index (χ4n) is 1.94. The number of alkyl carbamates (subject to hydrolysis) is 1. The summed E-state index contributed by atoms with van der Waals surface area (Å²) in [6.07, 6.45) is 1.48. The van der Waals surface area contributed by atoms with E-state index in [4.69, 9.17) is 10.5 Å². The van der Waals surface area contributed by atoms with E-state index in [1.807, 2.05) is 6.07 Å². The molecule has 2 atom stereocenters. The van der Waals surface area contributed by atoms with Crippen LogP contribution >= 0.6 is 0 Å². The number of carbonyl (C=O) groups is 3. The third-order valence-electron chi connectivity index (χ3n) is 3.32. The number of aliphatic hydroxyl groups is 1. The molecule has 5 N–H and O–H groups in total. The smallest absolute Gasteiger partial charge is 0.408 e. The number of nitrogens with two attached hydrogens (primary N) is 1. The maximum Gasteiger partial charge on any atom is 0.408 e. The minimum absolute atomic E-state index is 0.0235. The molecule has 25 heavy (non-hydrogen) atoms. The molecule has 1 rings (SSSR count). The van der Waals surface area contributed by atoms with Crippen molar-refractivity contribution in [3.63, 3.8) is 0 Å². The number of primary amides is 1. The lowest BCUT2D eigenvalue weighted by atomic mass is 10.1. The van der Waals surface area contributed by atoms with E-state index >= 15 is 0 Å². The van der Waals surface area contributed by atoms with Crippen LogP contribution in [0.25, 0.3) is 0 Å². The molecular weight excluding hydrogens is 326 g/mol. The molecule has 0 saturated carbocycles. The van der Waals surface area contributed by atoms with E-state index in [1.54, 1.807) is 30.3 Å². The van der Waals surface area contributed by atoms with Gasteiger partial charge in [-0.2, -0.15) is 0 Å². The van der Waals surface area contributed by atoms with Crippen molar-refractivity contribution in [2.75, 3.05) is 6.61 Å². The van der Waals surface area contributed by atoms with Crippen LogP contribution in [0.5, 0.6) is 0 Å². The molecule has 0 aliphatic carbocycles. The van der Waals surface area contributed by atoms with E-state index in [2.05, 4.69) is 17.2 Å². The fraction of sp³-hybridized carbons (Fsp3) is 0.353. The van der Waals surface area contributed by atoms with Gasteiger partial charge in [0.1, 0.15) is 18.7 Å². The molecule has 0 aliphatic heterocycles. The number of amides is 3. The summed E-state index contributed by atoms with van der Waals surface area (Å²) in [5.41, 5.74) is 6.00. The van der Waals surface area contributed by atoms with E-state index in [1.165, 1.54) is 0 Å². The lowest BCUT2D eigenvalue weighted by molar-refractivity contribution is -0.129. The van der Waals surface area contributed by atoms with Crippen molar-refractivity contribution in [3.05, 3.63) is 48.6 Å². The highest BCUT2D eigenvalue weighted by Gasteiger charge is 2.25. The Morgan fingerprint density at radius 2 is 1.88 bits per heavy atom. The first-order valence-electron chi connectivity index (χ1n) is 7.76. The van der Waals surface area contributed by atoms with Crippen LogP contribution in [0.3, 0.4) is 0 Å². The number of nitrogens with one attached hydrogen (secondary N) is 2. The van der Waals surface area contributed by atoms with Crippen LogP contribution in [0.4, 0.5) is 4.79 Å². The van der Waals surface area contributed by atoms with Crippen LogP contribution < -0.4 is 16.4 Å². The maximum absolute atomic E-state index is 12.1. The largest absolute Gasteiger partial charge is 0.445 e. The molecule has 0 heterocycles. The Morgan fingerprint density at radius 1 is 1.20 bits per heavy atom. The van der Waals surface area contributed by atoms with Gasteiger partial charge in [0.15, 0.2) is 0 Å². The summed E-state index contributed by atoms with van der Waals surface area (Å²) in [5, 5.41) is 13.9. The number of ether oxygens (including phenoxy) is 1. The highest BCUT2D eigenvalue weighted by atomic mass is 16.5. The zero-order valence-corrected chi connectivity index (χ0v) is 13.8. The van der Waals surface area contributed by atoms with Crippen LogP contribution in [0.1, 0.15) is 18.4 Å². The number of carbonyl (C=O) groups excluding carboxylic acids is 3. The molecule has 0 bridgehead atoms. The Hall–Kier alpha value is -2.87. The molecule has 1 aromatic rings. The molecule has 0 fully saturated rings. The summed E-state index contributed by atoms with van der Waals surface area (Å²) in [5.74, 6) is -1.44. The summed E-state index contributed by atoms with van der Waals surface area (Å²) in [7, 11) is 0. The molecule has 8 heteroatoms. The number of hydrogen-bond donors (Lipinski definition) is 4. The van der Waals surface area contributed by atoms with Crippen molar-refractivity contribution in [2.24, 2.45) is 5.73 Å². The van der Waals surface area contributed by atoms with Gasteiger partial charge < -0.3 is 26.2 Å². The Balaban J connectivity index is 2.52. The zero-order chi connectivity index (χ0) is 18.7. The van der Waals surface area contributed by atoms with Gasteiger partial charge in [0.2, 0.25) is 11.8 Å². The molecular formula is C17H23N3O5. The van der Waals surface area contributed by atoms with Gasteiger partial charge in [-0.25, -0.2) is 4.79 Å². The SMILES string of the molecule is C=CCC[C@@H](NC(=O)[C@H](CO)NC(=O)OCc1ccccc1)C(N)=O. The van der Waals surface area contributed by atoms with Gasteiger partial charge >= 0.3 is 6.09 Å². The van der Waals surface area contributed by atoms with Crippen LogP contribution in [-0.2, 0) is 20.9 Å². The first-order valence-corrected chi connectivity index (χ1v) is 7.76. The minimum atomic E-state index is -1.26. The summed E-state index contributed by atoms with van der Waals surface area (Å²) >= 11 is 0. The molecule has 3 amide bonds. The minimum Gasteiger partial charge on any atom is -0.445 e. The second-order valence-corrected chi connectivity index (χ2v) is 5.27. The monoisotopic (exact) mass is 349 g/mol. The second kappa shape index (κ2) is 10.8. The number of hydrogen-bond acceptors (Lipinski definition) is 5. The van der Waals surface area contributed by atoms with Gasteiger partial charge in [-0.05, 0) is 18.4 Å². The van der Waals surface area contributed by atoms with E-state index in [0.717, 1.165) is 5.56 Å². The summed E-state index contributed by atoms with van der Waals surface area (Å²) in [6.45, 7) is 2.90. The molecule has 0 radical (unpaired) electrons. The van der Waals surface area contributed by atoms with Crippen molar-refractivity contribution in [1.29, 1.82) is 0 Å². The van der Waals surface area contributed by atoms with Crippen molar-refractivity contribution < 1.29 is 24.2 Å². The highest BCUT2D eigenvalue weighted by Crippen LogP contribution is 2.01. The summed E-state index contributed by atoms with van der Waals surface area (Å²) < 4.78 is 4.98. The van der Waals surface area contributed by atoms with E-state index in [-0.39, 0.29) is 13.0 Å². The first kappa shape index (κ1) is 20.2. The quantitative estimate of drug-likeness (QED) is 0.449. The van der Waals surface area contributed by atoms with Crippen LogP contribution in [0, 0.1) is 0 Å². The molecule has 1 aromatic carbocycles. The van der Waals surface area contributed by atoms with Gasteiger partial charge in [-0.15, -0.1) is 6.58 Å². The molecule has 0 unspecified atom stereocenters. The molecule has 0 aromatic heterocycles. The normalized spacial score (nSPS) is 12.5. The number of benzene rings is 1. The number of aliphatic hydroxyl groups excluding tert-OH is 1. The predicted octanol–water partition coefficient (Wildman–Crippen LogP) is 0.210. The van der Waals surface area contributed by atoms with Crippen molar-refractivity contribution in [3.8, 4) is 0 Å². The zero-order valence-electron chi connectivity index (χ0n) is 13.8. The first-order chi connectivity index (χ1) is 12.0. The number of rotatable bonds is 10.